The maximum Gasteiger partial charge on any atom is 0.129 e. The van der Waals surface area contributed by atoms with E-state index >= 15 is 0 Å². The van der Waals surface area contributed by atoms with Crippen molar-refractivity contribution in [2.45, 2.75) is 6.61 Å². The molecule has 0 aliphatic heterocycles. The SMILES string of the molecule is COCc1nc(-c2ccccc2OC)sc1C(N)=S. The van der Waals surface area contributed by atoms with Crippen LogP contribution in [-0.4, -0.2) is 24.2 Å². The van der Waals surface area contributed by atoms with Gasteiger partial charge in [-0.25, -0.2) is 4.98 Å². The number of nitrogens with two attached hydrogens (primary N) is 1. The molecular formula is C13H14N2O2S2. The summed E-state index contributed by atoms with van der Waals surface area (Å²) in [5.74, 6) is 0.773. The first-order valence-corrected chi connectivity index (χ1v) is 6.81. The molecule has 0 spiro atoms. The van der Waals surface area contributed by atoms with Gasteiger partial charge in [-0.2, -0.15) is 0 Å². The number of thiazole rings is 1. The van der Waals surface area contributed by atoms with E-state index in [1.165, 1.54) is 11.3 Å². The molecule has 2 rings (SSSR count). The molecule has 6 heteroatoms. The summed E-state index contributed by atoms with van der Waals surface area (Å²) in [5.41, 5.74) is 7.41. The van der Waals surface area contributed by atoms with Gasteiger partial charge in [0.2, 0.25) is 0 Å². The van der Waals surface area contributed by atoms with Gasteiger partial charge in [0.05, 0.1) is 29.9 Å². The molecule has 0 aliphatic carbocycles. The molecule has 0 radical (unpaired) electrons. The smallest absolute Gasteiger partial charge is 0.129 e. The molecule has 0 atom stereocenters. The highest BCUT2D eigenvalue weighted by molar-refractivity contribution is 7.81. The van der Waals surface area contributed by atoms with Crippen molar-refractivity contribution < 1.29 is 9.47 Å². The van der Waals surface area contributed by atoms with Gasteiger partial charge in [0.15, 0.2) is 0 Å². The first kappa shape index (κ1) is 13.9. The van der Waals surface area contributed by atoms with Crippen molar-refractivity contribution in [1.29, 1.82) is 0 Å². The van der Waals surface area contributed by atoms with Crippen LogP contribution < -0.4 is 10.5 Å². The van der Waals surface area contributed by atoms with Gasteiger partial charge in [-0.3, -0.25) is 0 Å². The summed E-state index contributed by atoms with van der Waals surface area (Å²) in [7, 11) is 3.25. The van der Waals surface area contributed by atoms with E-state index in [1.807, 2.05) is 24.3 Å². The van der Waals surface area contributed by atoms with Crippen LogP contribution in [0.25, 0.3) is 10.6 Å². The summed E-state index contributed by atoms with van der Waals surface area (Å²) >= 11 is 6.50. The molecule has 1 aromatic heterocycles. The number of benzene rings is 1. The zero-order chi connectivity index (χ0) is 13.8. The van der Waals surface area contributed by atoms with Crippen molar-refractivity contribution >= 4 is 28.5 Å². The van der Waals surface area contributed by atoms with Crippen LogP contribution in [-0.2, 0) is 11.3 Å². The molecule has 4 nitrogen and oxygen atoms in total. The highest BCUT2D eigenvalue weighted by Gasteiger charge is 2.16. The minimum absolute atomic E-state index is 0.339. The van der Waals surface area contributed by atoms with Crippen LogP contribution in [0.5, 0.6) is 5.75 Å². The predicted octanol–water partition coefficient (Wildman–Crippen LogP) is 2.60. The topological polar surface area (TPSA) is 57.4 Å². The molecule has 1 heterocycles. The maximum atomic E-state index is 5.72. The fourth-order valence-corrected chi connectivity index (χ4v) is 2.91. The lowest BCUT2D eigenvalue weighted by Gasteiger charge is -2.04. The van der Waals surface area contributed by atoms with Crippen LogP contribution in [0.4, 0.5) is 0 Å². The van der Waals surface area contributed by atoms with E-state index in [1.54, 1.807) is 14.2 Å². The molecule has 0 saturated carbocycles. The Kier molecular flexibility index (Phi) is 4.47. The quantitative estimate of drug-likeness (QED) is 0.859. The van der Waals surface area contributed by atoms with Crippen molar-refractivity contribution in [1.82, 2.24) is 4.98 Å². The van der Waals surface area contributed by atoms with E-state index in [9.17, 15) is 0 Å². The Hall–Kier alpha value is -1.50. The second-order valence-electron chi connectivity index (χ2n) is 3.79. The second kappa shape index (κ2) is 6.10. The van der Waals surface area contributed by atoms with Crippen LogP contribution in [0.2, 0.25) is 0 Å². The van der Waals surface area contributed by atoms with Crippen LogP contribution in [0, 0.1) is 0 Å². The highest BCUT2D eigenvalue weighted by atomic mass is 32.1. The minimum Gasteiger partial charge on any atom is -0.496 e. The summed E-state index contributed by atoms with van der Waals surface area (Å²) in [6.07, 6.45) is 0. The first-order valence-electron chi connectivity index (χ1n) is 5.59. The Bertz CT molecular complexity index is 596. The number of aromatic nitrogens is 1. The van der Waals surface area contributed by atoms with E-state index in [-0.39, 0.29) is 0 Å². The summed E-state index contributed by atoms with van der Waals surface area (Å²) in [4.78, 5) is 5.67. The van der Waals surface area contributed by atoms with Crippen molar-refractivity contribution in [2.24, 2.45) is 5.73 Å². The molecule has 19 heavy (non-hydrogen) atoms. The van der Waals surface area contributed by atoms with Gasteiger partial charge in [-0.15, -0.1) is 11.3 Å². The standard InChI is InChI=1S/C13H14N2O2S2/c1-16-7-9-11(12(14)18)19-13(15-9)8-5-3-4-6-10(8)17-2/h3-6H,7H2,1-2H3,(H2,14,18). The van der Waals surface area contributed by atoms with Gasteiger partial charge in [0.25, 0.3) is 0 Å². The van der Waals surface area contributed by atoms with Gasteiger partial charge >= 0.3 is 0 Å². The van der Waals surface area contributed by atoms with Crippen molar-refractivity contribution in [2.75, 3.05) is 14.2 Å². The third kappa shape index (κ3) is 2.91. The van der Waals surface area contributed by atoms with Gasteiger partial charge in [0.1, 0.15) is 15.7 Å². The third-order valence-electron chi connectivity index (χ3n) is 2.54. The molecular weight excluding hydrogens is 280 g/mol. The molecule has 0 aliphatic rings. The monoisotopic (exact) mass is 294 g/mol. The number of hydrogen-bond acceptors (Lipinski definition) is 5. The predicted molar refractivity (Wildman–Crippen MR) is 80.7 cm³/mol. The first-order chi connectivity index (χ1) is 9.17. The summed E-state index contributed by atoms with van der Waals surface area (Å²) in [6, 6.07) is 7.71. The molecule has 0 saturated heterocycles. The van der Waals surface area contributed by atoms with Crippen LogP contribution in [0.3, 0.4) is 0 Å². The number of nitrogens with zero attached hydrogens (tertiary/aromatic N) is 1. The molecule has 100 valence electrons. The Labute approximate surface area is 121 Å². The molecule has 0 bridgehead atoms. The molecule has 0 unspecified atom stereocenters. The fraction of sp³-hybridized carbons (Fsp3) is 0.231. The van der Waals surface area contributed by atoms with Gasteiger partial charge in [-0.1, -0.05) is 24.4 Å². The average molecular weight is 294 g/mol. The van der Waals surface area contributed by atoms with Crippen LogP contribution in [0.1, 0.15) is 10.6 Å². The number of para-hydroxylation sites is 1. The van der Waals surface area contributed by atoms with Crippen molar-refractivity contribution in [3.63, 3.8) is 0 Å². The van der Waals surface area contributed by atoms with E-state index in [4.69, 9.17) is 27.4 Å². The Balaban J connectivity index is 2.51. The number of ether oxygens (including phenoxy) is 2. The molecule has 2 aromatic rings. The number of rotatable bonds is 5. The number of methoxy groups -OCH3 is 2. The lowest BCUT2D eigenvalue weighted by Crippen LogP contribution is -2.10. The third-order valence-corrected chi connectivity index (χ3v) is 4.04. The van der Waals surface area contributed by atoms with E-state index in [0.717, 1.165) is 26.9 Å². The van der Waals surface area contributed by atoms with Gasteiger partial charge < -0.3 is 15.2 Å². The number of hydrogen-bond donors (Lipinski definition) is 1. The van der Waals surface area contributed by atoms with Crippen LogP contribution >= 0.6 is 23.6 Å². The van der Waals surface area contributed by atoms with Crippen molar-refractivity contribution in [3.8, 4) is 16.3 Å². The molecule has 0 amide bonds. The summed E-state index contributed by atoms with van der Waals surface area (Å²) in [5, 5.41) is 0.826. The van der Waals surface area contributed by atoms with Crippen molar-refractivity contribution in [3.05, 3.63) is 34.8 Å². The molecule has 0 fully saturated rings. The fourth-order valence-electron chi connectivity index (χ4n) is 1.72. The van der Waals surface area contributed by atoms with E-state index in [0.29, 0.717) is 11.6 Å². The Morgan fingerprint density at radius 2 is 2.11 bits per heavy atom. The normalized spacial score (nSPS) is 10.4. The van der Waals surface area contributed by atoms with E-state index in [2.05, 4.69) is 4.98 Å². The summed E-state index contributed by atoms with van der Waals surface area (Å²) < 4.78 is 10.5. The number of thiocarbonyl (C=S) groups is 1. The maximum absolute atomic E-state index is 5.72. The highest BCUT2D eigenvalue weighted by Crippen LogP contribution is 2.34. The minimum atomic E-state index is 0.339. The molecule has 1 aromatic carbocycles. The second-order valence-corrected chi connectivity index (χ2v) is 5.23. The van der Waals surface area contributed by atoms with Gasteiger partial charge in [0, 0.05) is 7.11 Å². The lowest BCUT2D eigenvalue weighted by molar-refractivity contribution is 0.182. The average Bonchev–Trinajstić information content (AvgIpc) is 2.83. The zero-order valence-corrected chi connectivity index (χ0v) is 12.3. The Morgan fingerprint density at radius 1 is 1.37 bits per heavy atom. The Morgan fingerprint density at radius 3 is 2.74 bits per heavy atom. The lowest BCUT2D eigenvalue weighted by atomic mass is 10.2. The van der Waals surface area contributed by atoms with E-state index < -0.39 is 0 Å². The molecule has 2 N–H and O–H groups in total. The van der Waals surface area contributed by atoms with Crippen LogP contribution in [0.15, 0.2) is 24.3 Å². The summed E-state index contributed by atoms with van der Waals surface area (Å²) in [6.45, 7) is 0.387. The van der Waals surface area contributed by atoms with Gasteiger partial charge in [-0.05, 0) is 12.1 Å². The zero-order valence-electron chi connectivity index (χ0n) is 10.7. The largest absolute Gasteiger partial charge is 0.496 e.